The maximum atomic E-state index is 12.6. The highest BCUT2D eigenvalue weighted by atomic mass is 32.2. The van der Waals surface area contributed by atoms with Gasteiger partial charge in [0.2, 0.25) is 5.91 Å². The van der Waals surface area contributed by atoms with Gasteiger partial charge in [0.15, 0.2) is 11.0 Å². The molecule has 0 aliphatic carbocycles. The van der Waals surface area contributed by atoms with Gasteiger partial charge in [-0.25, -0.2) is 0 Å². The number of carbonyl (C=O) groups excluding carboxylic acids is 1. The minimum Gasteiger partial charge on any atom is -0.325 e. The molecule has 28 heavy (non-hydrogen) atoms. The number of nitriles is 1. The van der Waals surface area contributed by atoms with E-state index in [0.717, 1.165) is 24.4 Å². The van der Waals surface area contributed by atoms with Crippen LogP contribution in [0.3, 0.4) is 0 Å². The number of carbonyl (C=O) groups is 1. The summed E-state index contributed by atoms with van der Waals surface area (Å²) in [6.45, 7) is 4.67. The van der Waals surface area contributed by atoms with E-state index in [1.54, 1.807) is 36.7 Å². The van der Waals surface area contributed by atoms with Gasteiger partial charge in [0.25, 0.3) is 0 Å². The molecule has 2 aromatic heterocycles. The zero-order valence-electron chi connectivity index (χ0n) is 15.7. The molecule has 0 aliphatic rings. The number of thioether (sulfide) groups is 1. The molecule has 1 aromatic carbocycles. The minimum absolute atomic E-state index is 0.156. The van der Waals surface area contributed by atoms with E-state index >= 15 is 0 Å². The van der Waals surface area contributed by atoms with Crippen molar-refractivity contribution >= 4 is 23.4 Å². The van der Waals surface area contributed by atoms with E-state index in [9.17, 15) is 4.79 Å². The number of hydrogen-bond donors (Lipinski definition) is 1. The van der Waals surface area contributed by atoms with Gasteiger partial charge in [-0.3, -0.25) is 9.78 Å². The lowest BCUT2D eigenvalue weighted by molar-refractivity contribution is -0.115. The maximum Gasteiger partial charge on any atom is 0.237 e. The largest absolute Gasteiger partial charge is 0.325 e. The lowest BCUT2D eigenvalue weighted by Crippen LogP contribution is -2.23. The van der Waals surface area contributed by atoms with Crippen LogP contribution in [0.4, 0.5) is 5.69 Å². The van der Waals surface area contributed by atoms with Crippen molar-refractivity contribution in [2.45, 2.75) is 37.2 Å². The summed E-state index contributed by atoms with van der Waals surface area (Å²) in [5.74, 6) is 0.609. The Balaban J connectivity index is 1.76. The number of aromatic nitrogens is 4. The van der Waals surface area contributed by atoms with Gasteiger partial charge in [-0.05, 0) is 43.7 Å². The van der Waals surface area contributed by atoms with E-state index in [1.807, 2.05) is 23.6 Å². The van der Waals surface area contributed by atoms with E-state index < -0.39 is 0 Å². The van der Waals surface area contributed by atoms with Crippen LogP contribution in [0.5, 0.6) is 0 Å². The number of benzene rings is 1. The van der Waals surface area contributed by atoms with Crippen molar-refractivity contribution < 1.29 is 4.79 Å². The maximum absolute atomic E-state index is 12.6. The fraction of sp³-hybridized carbons (Fsp3) is 0.250. The number of hydrogen-bond acceptors (Lipinski definition) is 6. The Morgan fingerprint density at radius 1 is 1.29 bits per heavy atom. The highest BCUT2D eigenvalue weighted by Crippen LogP contribution is 2.27. The van der Waals surface area contributed by atoms with E-state index in [0.29, 0.717) is 16.4 Å². The summed E-state index contributed by atoms with van der Waals surface area (Å²) in [5, 5.41) is 20.8. The van der Waals surface area contributed by atoms with Crippen LogP contribution in [0.15, 0.2) is 53.9 Å². The number of nitrogens with one attached hydrogen (secondary N) is 1. The van der Waals surface area contributed by atoms with Crippen molar-refractivity contribution in [2.75, 3.05) is 5.32 Å². The van der Waals surface area contributed by atoms with Crippen molar-refractivity contribution in [1.29, 1.82) is 5.26 Å². The Morgan fingerprint density at radius 3 is 2.79 bits per heavy atom. The van der Waals surface area contributed by atoms with Crippen molar-refractivity contribution in [2.24, 2.45) is 0 Å². The van der Waals surface area contributed by atoms with Gasteiger partial charge in [-0.15, -0.1) is 10.2 Å². The van der Waals surface area contributed by atoms with Gasteiger partial charge < -0.3 is 9.88 Å². The zero-order valence-corrected chi connectivity index (χ0v) is 16.5. The Morgan fingerprint density at radius 2 is 2.07 bits per heavy atom. The smallest absolute Gasteiger partial charge is 0.237 e. The standard InChI is InChI=1S/C20H20N6OS/c1-3-11-26-18(16-7-9-22-10-8-16)24-25-20(26)28-14(2)19(27)23-17-6-4-5-15(12-17)13-21/h4-10,12,14H,3,11H2,1-2H3,(H,23,27). The summed E-state index contributed by atoms with van der Waals surface area (Å²) < 4.78 is 2.03. The fourth-order valence-corrected chi connectivity index (χ4v) is 3.51. The third-order valence-corrected chi connectivity index (χ3v) is 5.09. The van der Waals surface area contributed by atoms with E-state index in [2.05, 4.69) is 33.5 Å². The molecule has 1 N–H and O–H groups in total. The van der Waals surface area contributed by atoms with Crippen LogP contribution in [0.2, 0.25) is 0 Å². The number of nitrogens with zero attached hydrogens (tertiary/aromatic N) is 5. The first-order valence-corrected chi connectivity index (χ1v) is 9.81. The summed E-state index contributed by atoms with van der Waals surface area (Å²) >= 11 is 1.36. The van der Waals surface area contributed by atoms with Crippen LogP contribution >= 0.6 is 11.8 Å². The first kappa shape index (κ1) is 19.6. The molecule has 7 nitrogen and oxygen atoms in total. The van der Waals surface area contributed by atoms with Gasteiger partial charge >= 0.3 is 0 Å². The summed E-state index contributed by atoms with van der Waals surface area (Å²) in [6, 6.07) is 12.7. The van der Waals surface area contributed by atoms with Gasteiger partial charge in [0.1, 0.15) is 0 Å². The second-order valence-electron chi connectivity index (χ2n) is 6.14. The monoisotopic (exact) mass is 392 g/mol. The molecular formula is C20H20N6OS. The van der Waals surface area contributed by atoms with E-state index in [1.165, 1.54) is 11.8 Å². The number of rotatable bonds is 7. The van der Waals surface area contributed by atoms with Crippen molar-refractivity contribution in [3.05, 3.63) is 54.4 Å². The fourth-order valence-electron chi connectivity index (χ4n) is 2.64. The molecule has 1 atom stereocenters. The van der Waals surface area contributed by atoms with Crippen LogP contribution in [-0.2, 0) is 11.3 Å². The van der Waals surface area contributed by atoms with Gasteiger partial charge in [-0.1, -0.05) is 24.8 Å². The van der Waals surface area contributed by atoms with Crippen LogP contribution in [-0.4, -0.2) is 30.9 Å². The lowest BCUT2D eigenvalue weighted by Gasteiger charge is -2.13. The predicted molar refractivity (Wildman–Crippen MR) is 109 cm³/mol. The highest BCUT2D eigenvalue weighted by Gasteiger charge is 2.20. The van der Waals surface area contributed by atoms with E-state index in [4.69, 9.17) is 5.26 Å². The topological polar surface area (TPSA) is 96.5 Å². The predicted octanol–water partition coefficient (Wildman–Crippen LogP) is 3.74. The van der Waals surface area contributed by atoms with Crippen LogP contribution in [0.1, 0.15) is 25.8 Å². The molecule has 2 heterocycles. The van der Waals surface area contributed by atoms with Crippen LogP contribution in [0.25, 0.3) is 11.4 Å². The molecule has 1 unspecified atom stereocenters. The Bertz CT molecular complexity index is 995. The zero-order chi connectivity index (χ0) is 19.9. The molecule has 0 bridgehead atoms. The van der Waals surface area contributed by atoms with Gasteiger partial charge in [0, 0.05) is 30.2 Å². The SMILES string of the molecule is CCCn1c(SC(C)C(=O)Nc2cccc(C#N)c2)nnc1-c1ccncc1. The molecule has 142 valence electrons. The number of pyridine rings is 1. The third-order valence-electron chi connectivity index (χ3n) is 4.01. The molecule has 1 amide bonds. The number of anilines is 1. The Hall–Kier alpha value is -3.18. The average Bonchev–Trinajstić information content (AvgIpc) is 3.11. The molecule has 0 aliphatic heterocycles. The summed E-state index contributed by atoms with van der Waals surface area (Å²) in [7, 11) is 0. The quantitative estimate of drug-likeness (QED) is 0.615. The minimum atomic E-state index is -0.379. The summed E-state index contributed by atoms with van der Waals surface area (Å²) in [6.07, 6.45) is 4.36. The lowest BCUT2D eigenvalue weighted by atomic mass is 10.2. The van der Waals surface area contributed by atoms with Gasteiger partial charge in [0.05, 0.1) is 16.9 Å². The van der Waals surface area contributed by atoms with Crippen molar-refractivity contribution in [3.8, 4) is 17.5 Å². The molecule has 3 rings (SSSR count). The average molecular weight is 392 g/mol. The second kappa shape index (κ2) is 9.15. The van der Waals surface area contributed by atoms with E-state index in [-0.39, 0.29) is 11.2 Å². The molecular weight excluding hydrogens is 372 g/mol. The number of amides is 1. The summed E-state index contributed by atoms with van der Waals surface area (Å²) in [4.78, 5) is 16.6. The third kappa shape index (κ3) is 4.56. The van der Waals surface area contributed by atoms with Crippen molar-refractivity contribution in [1.82, 2.24) is 19.7 Å². The molecule has 0 saturated carbocycles. The Kier molecular flexibility index (Phi) is 6.40. The van der Waals surface area contributed by atoms with Gasteiger partial charge in [-0.2, -0.15) is 5.26 Å². The molecule has 0 fully saturated rings. The molecule has 0 radical (unpaired) electrons. The first-order valence-electron chi connectivity index (χ1n) is 8.93. The molecule has 8 heteroatoms. The van der Waals surface area contributed by atoms with Crippen LogP contribution < -0.4 is 5.32 Å². The normalized spacial score (nSPS) is 11.6. The second-order valence-corrected chi connectivity index (χ2v) is 7.44. The first-order chi connectivity index (χ1) is 13.6. The molecule has 3 aromatic rings. The highest BCUT2D eigenvalue weighted by molar-refractivity contribution is 8.00. The summed E-state index contributed by atoms with van der Waals surface area (Å²) in [5.41, 5.74) is 2.04. The molecule has 0 spiro atoms. The molecule has 0 saturated heterocycles. The Labute approximate surface area is 167 Å². The van der Waals surface area contributed by atoms with Crippen molar-refractivity contribution in [3.63, 3.8) is 0 Å². The van der Waals surface area contributed by atoms with Crippen LogP contribution in [0, 0.1) is 11.3 Å².